The van der Waals surface area contributed by atoms with Gasteiger partial charge in [-0.25, -0.2) is 5.43 Å². The Morgan fingerprint density at radius 3 is 2.16 bits per heavy atom. The lowest BCUT2D eigenvalue weighted by Crippen LogP contribution is -2.35. The van der Waals surface area contributed by atoms with Crippen LogP contribution in [0.4, 0.5) is 0 Å². The first-order chi connectivity index (χ1) is 15.2. The maximum absolute atomic E-state index is 12.4. The maximum Gasteiger partial charge on any atom is 0.259 e. The van der Waals surface area contributed by atoms with Crippen molar-refractivity contribution in [3.8, 4) is 28.7 Å². The number of hydrazone groups is 1. The normalized spacial score (nSPS) is 10.7. The van der Waals surface area contributed by atoms with E-state index in [1.165, 1.54) is 39.7 Å². The topological polar surface area (TPSA) is 139 Å². The molecule has 2 rings (SSSR count). The number of phenols is 2. The first-order valence-corrected chi connectivity index (χ1v) is 10.5. The molecule has 0 aliphatic rings. The number of ether oxygens (including phenoxy) is 3. The standard InChI is InChI=1S/C20H21Br2N3O7/c1-9-11(17(27)16(22)18(28)15(9)21)7-24-25-14(26)8-23-20(29)10-5-12(30-2)19(32-4)13(6-10)31-3/h5-7,27-28H,8H2,1-4H3,(H,23,29)(H,25,26)/b24-7-. The molecule has 0 fully saturated rings. The van der Waals surface area contributed by atoms with Crippen LogP contribution in [0.2, 0.25) is 0 Å². The summed E-state index contributed by atoms with van der Waals surface area (Å²) in [4.78, 5) is 24.5. The van der Waals surface area contributed by atoms with E-state index < -0.39 is 11.8 Å². The van der Waals surface area contributed by atoms with Gasteiger partial charge < -0.3 is 29.7 Å². The van der Waals surface area contributed by atoms with Crippen LogP contribution in [-0.2, 0) is 4.79 Å². The highest BCUT2D eigenvalue weighted by atomic mass is 79.9. The SMILES string of the molecule is COc1cc(C(=O)NCC(=O)N/N=C\c2c(C)c(Br)c(O)c(Br)c2O)cc(OC)c1OC. The van der Waals surface area contributed by atoms with Crippen LogP contribution in [0.15, 0.2) is 26.2 Å². The van der Waals surface area contributed by atoms with Crippen LogP contribution in [0.5, 0.6) is 28.7 Å². The van der Waals surface area contributed by atoms with E-state index in [0.717, 1.165) is 0 Å². The number of halogens is 2. The van der Waals surface area contributed by atoms with Crippen molar-refractivity contribution in [3.05, 3.63) is 37.8 Å². The lowest BCUT2D eigenvalue weighted by Gasteiger charge is -2.14. The highest BCUT2D eigenvalue weighted by Crippen LogP contribution is 2.43. The number of hydrogen-bond acceptors (Lipinski definition) is 8. The van der Waals surface area contributed by atoms with Gasteiger partial charge in [-0.15, -0.1) is 0 Å². The molecular weight excluding hydrogens is 554 g/mol. The van der Waals surface area contributed by atoms with Crippen molar-refractivity contribution < 1.29 is 34.0 Å². The predicted octanol–water partition coefficient (Wildman–Crippen LogP) is 2.84. The van der Waals surface area contributed by atoms with Gasteiger partial charge >= 0.3 is 0 Å². The van der Waals surface area contributed by atoms with E-state index in [9.17, 15) is 19.8 Å². The summed E-state index contributed by atoms with van der Waals surface area (Å²) in [7, 11) is 4.30. The minimum atomic E-state index is -0.601. The third-order valence-electron chi connectivity index (χ3n) is 4.33. The number of carbonyl (C=O) groups is 2. The van der Waals surface area contributed by atoms with Crippen molar-refractivity contribution in [2.75, 3.05) is 27.9 Å². The Kier molecular flexibility index (Phi) is 8.72. The minimum Gasteiger partial charge on any atom is -0.506 e. The maximum atomic E-state index is 12.4. The van der Waals surface area contributed by atoms with E-state index in [2.05, 4.69) is 47.7 Å². The van der Waals surface area contributed by atoms with E-state index in [1.54, 1.807) is 6.92 Å². The molecule has 0 atom stereocenters. The molecule has 172 valence electrons. The van der Waals surface area contributed by atoms with Gasteiger partial charge in [0.25, 0.3) is 11.8 Å². The quantitative estimate of drug-likeness (QED) is 0.281. The van der Waals surface area contributed by atoms with E-state index in [-0.39, 0.29) is 33.6 Å². The molecule has 0 saturated carbocycles. The zero-order chi connectivity index (χ0) is 24.0. The summed E-state index contributed by atoms with van der Waals surface area (Å²) in [5.74, 6) is -0.600. The zero-order valence-corrected chi connectivity index (χ0v) is 20.7. The lowest BCUT2D eigenvalue weighted by atomic mass is 10.1. The molecular formula is C20H21Br2N3O7. The Morgan fingerprint density at radius 2 is 1.62 bits per heavy atom. The number of aromatic hydroxyl groups is 2. The molecule has 2 aromatic carbocycles. The summed E-state index contributed by atoms with van der Waals surface area (Å²) in [6.45, 7) is 1.29. The Hall–Kier alpha value is -2.99. The van der Waals surface area contributed by atoms with Gasteiger partial charge in [-0.1, -0.05) is 0 Å². The number of benzene rings is 2. The van der Waals surface area contributed by atoms with Gasteiger partial charge in [0.2, 0.25) is 5.75 Å². The average molecular weight is 575 g/mol. The molecule has 0 aliphatic heterocycles. The molecule has 10 nitrogen and oxygen atoms in total. The second-order valence-electron chi connectivity index (χ2n) is 6.25. The molecule has 12 heteroatoms. The number of nitrogens with one attached hydrogen (secondary N) is 2. The van der Waals surface area contributed by atoms with E-state index in [0.29, 0.717) is 27.3 Å². The average Bonchev–Trinajstić information content (AvgIpc) is 2.80. The van der Waals surface area contributed by atoms with Crippen molar-refractivity contribution in [2.45, 2.75) is 6.92 Å². The molecule has 0 spiro atoms. The minimum absolute atomic E-state index is 0.0837. The number of hydrogen-bond donors (Lipinski definition) is 4. The van der Waals surface area contributed by atoms with Gasteiger partial charge in [-0.2, -0.15) is 5.10 Å². The molecule has 0 bridgehead atoms. The molecule has 32 heavy (non-hydrogen) atoms. The molecule has 0 radical (unpaired) electrons. The molecule has 0 aromatic heterocycles. The van der Waals surface area contributed by atoms with Crippen LogP contribution in [-0.4, -0.2) is 56.1 Å². The Balaban J connectivity index is 2.05. The fourth-order valence-electron chi connectivity index (χ4n) is 2.64. The summed E-state index contributed by atoms with van der Waals surface area (Å²) >= 11 is 6.29. The largest absolute Gasteiger partial charge is 0.506 e. The predicted molar refractivity (Wildman–Crippen MR) is 124 cm³/mol. The fraction of sp³-hybridized carbons (Fsp3) is 0.250. The third kappa shape index (κ3) is 5.43. The Morgan fingerprint density at radius 1 is 1.03 bits per heavy atom. The van der Waals surface area contributed by atoms with E-state index in [4.69, 9.17) is 14.2 Å². The van der Waals surface area contributed by atoms with Crippen LogP contribution in [0.1, 0.15) is 21.5 Å². The zero-order valence-electron chi connectivity index (χ0n) is 17.6. The summed E-state index contributed by atoms with van der Waals surface area (Å²) in [6, 6.07) is 2.91. The molecule has 4 N–H and O–H groups in total. The van der Waals surface area contributed by atoms with Gasteiger partial charge in [-0.05, 0) is 56.5 Å². The van der Waals surface area contributed by atoms with Crippen LogP contribution in [0.25, 0.3) is 0 Å². The van der Waals surface area contributed by atoms with Crippen molar-refractivity contribution in [2.24, 2.45) is 5.10 Å². The number of rotatable bonds is 8. The summed E-state index contributed by atoms with van der Waals surface area (Å²) < 4.78 is 16.1. The van der Waals surface area contributed by atoms with Crippen LogP contribution < -0.4 is 25.0 Å². The number of phenolic OH excluding ortho intramolecular Hbond substituents is 2. The van der Waals surface area contributed by atoms with Crippen molar-refractivity contribution >= 4 is 49.9 Å². The third-order valence-corrected chi connectivity index (χ3v) is 6.05. The van der Waals surface area contributed by atoms with Crippen molar-refractivity contribution in [1.82, 2.24) is 10.7 Å². The molecule has 0 heterocycles. The van der Waals surface area contributed by atoms with Crippen molar-refractivity contribution in [1.29, 1.82) is 0 Å². The van der Waals surface area contributed by atoms with E-state index >= 15 is 0 Å². The van der Waals surface area contributed by atoms with Crippen molar-refractivity contribution in [3.63, 3.8) is 0 Å². The highest BCUT2D eigenvalue weighted by molar-refractivity contribution is 9.11. The molecule has 2 amide bonds. The Bertz CT molecular complexity index is 1020. The second kappa shape index (κ2) is 11.0. The first-order valence-electron chi connectivity index (χ1n) is 8.95. The van der Waals surface area contributed by atoms with Gasteiger partial charge in [0.15, 0.2) is 11.5 Å². The summed E-state index contributed by atoms with van der Waals surface area (Å²) in [5, 5.41) is 26.3. The smallest absolute Gasteiger partial charge is 0.259 e. The van der Waals surface area contributed by atoms with Crippen LogP contribution >= 0.6 is 31.9 Å². The number of methoxy groups -OCH3 is 3. The second-order valence-corrected chi connectivity index (χ2v) is 7.84. The van der Waals surface area contributed by atoms with Crippen LogP contribution in [0.3, 0.4) is 0 Å². The van der Waals surface area contributed by atoms with Crippen LogP contribution in [0, 0.1) is 6.92 Å². The first kappa shape index (κ1) is 25.3. The lowest BCUT2D eigenvalue weighted by molar-refractivity contribution is -0.120. The molecule has 0 unspecified atom stereocenters. The number of carbonyl (C=O) groups excluding carboxylic acids is 2. The Labute approximate surface area is 200 Å². The van der Waals surface area contributed by atoms with Gasteiger partial charge in [-0.3, -0.25) is 9.59 Å². The molecule has 2 aromatic rings. The van der Waals surface area contributed by atoms with Gasteiger partial charge in [0.05, 0.1) is 38.6 Å². The van der Waals surface area contributed by atoms with Gasteiger partial charge in [0, 0.05) is 11.1 Å². The monoisotopic (exact) mass is 573 g/mol. The summed E-state index contributed by atoms with van der Waals surface area (Å²) in [5.41, 5.74) is 3.25. The highest BCUT2D eigenvalue weighted by Gasteiger charge is 2.18. The molecule has 0 aliphatic carbocycles. The summed E-state index contributed by atoms with van der Waals surface area (Å²) in [6.07, 6.45) is 1.22. The fourth-order valence-corrected chi connectivity index (χ4v) is 3.73. The molecule has 0 saturated heterocycles. The van der Waals surface area contributed by atoms with E-state index in [1.807, 2.05) is 0 Å². The number of amides is 2. The van der Waals surface area contributed by atoms with Gasteiger partial charge in [0.1, 0.15) is 16.0 Å². The number of nitrogens with zero attached hydrogens (tertiary/aromatic N) is 1.